The monoisotopic (exact) mass is 434 g/mol. The first kappa shape index (κ1) is 21.5. The van der Waals surface area contributed by atoms with E-state index in [2.05, 4.69) is 5.16 Å². The standard InChI is InChI=1S/C20H22N2O5S2/c1-13(22-23)17-6-5-16(9-14(17)7-8-21)29(24,25)18-10-15(11-28-18)20(4)12-26-19(2,3)27-20/h5-6,9-11,23H,7,12H2,1-4H3/b22-13+. The summed E-state index contributed by atoms with van der Waals surface area (Å²) in [5.74, 6) is -0.732. The van der Waals surface area contributed by atoms with Gasteiger partial charge in [0.2, 0.25) is 9.84 Å². The third-order valence-electron chi connectivity index (χ3n) is 4.81. The van der Waals surface area contributed by atoms with Gasteiger partial charge in [0, 0.05) is 5.56 Å². The molecular formula is C20H22N2O5S2. The maximum absolute atomic E-state index is 13.2. The maximum atomic E-state index is 13.2. The predicted molar refractivity (Wildman–Crippen MR) is 108 cm³/mol. The smallest absolute Gasteiger partial charge is 0.215 e. The molecule has 0 amide bonds. The molecule has 1 N–H and O–H groups in total. The maximum Gasteiger partial charge on any atom is 0.215 e. The van der Waals surface area contributed by atoms with E-state index in [1.165, 1.54) is 12.1 Å². The number of nitriles is 1. The van der Waals surface area contributed by atoms with Crippen molar-refractivity contribution in [3.63, 3.8) is 0 Å². The Kier molecular flexibility index (Phi) is 5.58. The second-order valence-electron chi connectivity index (χ2n) is 7.52. The van der Waals surface area contributed by atoms with Crippen LogP contribution in [0.2, 0.25) is 0 Å². The molecule has 154 valence electrons. The van der Waals surface area contributed by atoms with E-state index in [0.29, 0.717) is 23.4 Å². The quantitative estimate of drug-likeness (QED) is 0.435. The summed E-state index contributed by atoms with van der Waals surface area (Å²) < 4.78 is 38.2. The van der Waals surface area contributed by atoms with Crippen LogP contribution in [0.1, 0.15) is 44.4 Å². The third kappa shape index (κ3) is 4.07. The van der Waals surface area contributed by atoms with Crippen LogP contribution in [0.5, 0.6) is 0 Å². The van der Waals surface area contributed by atoms with E-state index in [1.807, 2.05) is 26.8 Å². The first-order valence-corrected chi connectivity index (χ1v) is 11.3. The van der Waals surface area contributed by atoms with Crippen molar-refractivity contribution in [2.75, 3.05) is 6.61 Å². The molecule has 7 nitrogen and oxygen atoms in total. The summed E-state index contributed by atoms with van der Waals surface area (Å²) in [4.78, 5) is 0.0831. The van der Waals surface area contributed by atoms with E-state index in [4.69, 9.17) is 19.9 Å². The molecule has 1 unspecified atom stereocenters. The summed E-state index contributed by atoms with van der Waals surface area (Å²) >= 11 is 1.12. The fourth-order valence-corrected chi connectivity index (χ4v) is 6.04. The van der Waals surface area contributed by atoms with Gasteiger partial charge in [0.25, 0.3) is 0 Å². The Hall–Kier alpha value is -2.25. The molecule has 1 atom stereocenters. The van der Waals surface area contributed by atoms with Crippen LogP contribution in [0, 0.1) is 11.3 Å². The summed E-state index contributed by atoms with van der Waals surface area (Å²) in [5, 5.41) is 23.0. The van der Waals surface area contributed by atoms with Crippen molar-refractivity contribution >= 4 is 26.9 Å². The predicted octanol–water partition coefficient (Wildman–Crippen LogP) is 3.84. The largest absolute Gasteiger partial charge is 0.411 e. The normalized spacial score (nSPS) is 21.8. The summed E-state index contributed by atoms with van der Waals surface area (Å²) in [5.41, 5.74) is 1.35. The number of nitrogens with zero attached hydrogens (tertiary/aromatic N) is 2. The molecule has 0 spiro atoms. The topological polar surface area (TPSA) is 109 Å². The first-order chi connectivity index (χ1) is 13.5. The Bertz CT molecular complexity index is 1110. The lowest BCUT2D eigenvalue weighted by molar-refractivity contribution is -0.159. The van der Waals surface area contributed by atoms with Crippen LogP contribution in [0.15, 0.2) is 43.9 Å². The first-order valence-electron chi connectivity index (χ1n) is 8.89. The second-order valence-corrected chi connectivity index (χ2v) is 10.6. The zero-order valence-electron chi connectivity index (χ0n) is 16.6. The van der Waals surface area contributed by atoms with Crippen molar-refractivity contribution in [1.82, 2.24) is 0 Å². The van der Waals surface area contributed by atoms with Crippen LogP contribution in [-0.2, 0) is 31.3 Å². The zero-order chi connectivity index (χ0) is 21.4. The van der Waals surface area contributed by atoms with E-state index >= 15 is 0 Å². The number of thiophene rings is 1. The highest BCUT2D eigenvalue weighted by Crippen LogP contribution is 2.41. The summed E-state index contributed by atoms with van der Waals surface area (Å²) in [6.45, 7) is 7.42. The highest BCUT2D eigenvalue weighted by atomic mass is 32.2. The molecular weight excluding hydrogens is 412 g/mol. The lowest BCUT2D eigenvalue weighted by atomic mass is 10.0. The van der Waals surface area contributed by atoms with Crippen LogP contribution in [-0.4, -0.2) is 31.7 Å². The molecule has 0 saturated carbocycles. The van der Waals surface area contributed by atoms with Gasteiger partial charge in [-0.25, -0.2) is 8.42 Å². The zero-order valence-corrected chi connectivity index (χ0v) is 18.2. The summed E-state index contributed by atoms with van der Waals surface area (Å²) in [6, 6.07) is 8.11. The second kappa shape index (κ2) is 7.54. The average Bonchev–Trinajstić information content (AvgIpc) is 3.27. The number of sulfone groups is 1. The van der Waals surface area contributed by atoms with Crippen molar-refractivity contribution in [2.24, 2.45) is 5.16 Å². The minimum atomic E-state index is -3.78. The minimum absolute atomic E-state index is 0.000420. The average molecular weight is 435 g/mol. The molecule has 1 aliphatic heterocycles. The molecule has 0 aliphatic carbocycles. The minimum Gasteiger partial charge on any atom is -0.411 e. The number of hydrogen-bond donors (Lipinski definition) is 1. The highest BCUT2D eigenvalue weighted by Gasteiger charge is 2.44. The molecule has 29 heavy (non-hydrogen) atoms. The number of hydrogen-bond acceptors (Lipinski definition) is 8. The van der Waals surface area contributed by atoms with Crippen molar-refractivity contribution in [2.45, 2.75) is 54.6 Å². The van der Waals surface area contributed by atoms with Crippen LogP contribution in [0.3, 0.4) is 0 Å². The van der Waals surface area contributed by atoms with Crippen LogP contribution < -0.4 is 0 Å². The fourth-order valence-electron chi connectivity index (χ4n) is 3.28. The van der Waals surface area contributed by atoms with Crippen molar-refractivity contribution in [3.8, 4) is 6.07 Å². The molecule has 0 radical (unpaired) electrons. The Labute approximate surface area is 174 Å². The number of ether oxygens (including phenoxy) is 2. The van der Waals surface area contributed by atoms with E-state index in [1.54, 1.807) is 24.4 Å². The van der Waals surface area contributed by atoms with E-state index in [9.17, 15) is 8.42 Å². The number of oxime groups is 1. The van der Waals surface area contributed by atoms with E-state index in [0.717, 1.165) is 16.9 Å². The van der Waals surface area contributed by atoms with Crippen LogP contribution >= 0.6 is 11.3 Å². The van der Waals surface area contributed by atoms with Gasteiger partial charge in [0.05, 0.1) is 29.7 Å². The lowest BCUT2D eigenvalue weighted by Crippen LogP contribution is -2.27. The highest BCUT2D eigenvalue weighted by molar-refractivity contribution is 7.93. The van der Waals surface area contributed by atoms with E-state index < -0.39 is 21.2 Å². The summed E-state index contributed by atoms with van der Waals surface area (Å²) in [7, 11) is -3.78. The van der Waals surface area contributed by atoms with Gasteiger partial charge in [-0.1, -0.05) is 11.2 Å². The van der Waals surface area contributed by atoms with Gasteiger partial charge in [-0.15, -0.1) is 11.3 Å². The van der Waals surface area contributed by atoms with Gasteiger partial charge in [-0.05, 0) is 62.4 Å². The molecule has 1 saturated heterocycles. The molecule has 0 bridgehead atoms. The number of benzene rings is 1. The van der Waals surface area contributed by atoms with Gasteiger partial charge in [0.1, 0.15) is 9.81 Å². The van der Waals surface area contributed by atoms with Crippen molar-refractivity contribution < 1.29 is 23.1 Å². The molecule has 2 heterocycles. The van der Waals surface area contributed by atoms with Crippen molar-refractivity contribution in [3.05, 3.63) is 46.3 Å². The molecule has 3 rings (SSSR count). The summed E-state index contributed by atoms with van der Waals surface area (Å²) in [6.07, 6.45) is -0.000420. The van der Waals surface area contributed by atoms with Crippen LogP contribution in [0.4, 0.5) is 0 Å². The van der Waals surface area contributed by atoms with Gasteiger partial charge in [0.15, 0.2) is 5.79 Å². The van der Waals surface area contributed by atoms with Crippen molar-refractivity contribution in [1.29, 1.82) is 5.26 Å². The Morgan fingerprint density at radius 1 is 1.34 bits per heavy atom. The molecule has 9 heteroatoms. The molecule has 1 aromatic carbocycles. The number of rotatable bonds is 5. The van der Waals surface area contributed by atoms with Gasteiger partial charge in [-0.2, -0.15) is 5.26 Å². The van der Waals surface area contributed by atoms with Gasteiger partial charge < -0.3 is 14.7 Å². The molecule has 1 aliphatic rings. The van der Waals surface area contributed by atoms with Gasteiger partial charge >= 0.3 is 0 Å². The Morgan fingerprint density at radius 3 is 2.66 bits per heavy atom. The van der Waals surface area contributed by atoms with Crippen LogP contribution in [0.25, 0.3) is 0 Å². The molecule has 2 aromatic rings. The lowest BCUT2D eigenvalue weighted by Gasteiger charge is -2.24. The molecule has 1 fully saturated rings. The molecule has 1 aromatic heterocycles. The Morgan fingerprint density at radius 2 is 2.07 bits per heavy atom. The Balaban J connectivity index is 1.99. The van der Waals surface area contributed by atoms with Gasteiger partial charge in [-0.3, -0.25) is 0 Å². The fraction of sp³-hybridized carbons (Fsp3) is 0.400. The van der Waals surface area contributed by atoms with E-state index in [-0.39, 0.29) is 15.5 Å². The third-order valence-corrected chi connectivity index (χ3v) is 8.00. The SMILES string of the molecule is C/C(=N\O)c1ccc(S(=O)(=O)c2cc(C3(C)COC(C)(C)O3)cs2)cc1CC#N.